The van der Waals surface area contributed by atoms with Crippen LogP contribution in [0.15, 0.2) is 210 Å². The number of pyridine rings is 2. The lowest BCUT2D eigenvalue weighted by atomic mass is 10.2. The number of aryl methyl sites for hydroxylation is 3. The highest BCUT2D eigenvalue weighted by molar-refractivity contribution is 7.98. The molecule has 15 rings (SSSR count). The smallest absolute Gasteiger partial charge is 0.190 e. The molecule has 0 aliphatic heterocycles. The number of thioether (sulfide) groups is 3. The zero-order chi connectivity index (χ0) is 52.5. The Morgan fingerprint density at radius 2 is 0.974 bits per heavy atom. The van der Waals surface area contributed by atoms with Gasteiger partial charge in [-0.3, -0.25) is 4.98 Å². The summed E-state index contributed by atoms with van der Waals surface area (Å²) >= 11 is 4.96. The van der Waals surface area contributed by atoms with Gasteiger partial charge in [0.05, 0.1) is 78.5 Å². The molecule has 0 aliphatic carbocycles. The minimum absolute atomic E-state index is 0.685. The number of rotatable bonds is 10. The maximum absolute atomic E-state index is 4.83. The molecule has 15 aromatic rings. The number of para-hydroxylation sites is 4. The molecular weight excluding hydrogens is 1020 g/mol. The van der Waals surface area contributed by atoms with E-state index in [1.165, 1.54) is 0 Å². The van der Waals surface area contributed by atoms with Gasteiger partial charge in [0.15, 0.2) is 15.5 Å². The molecule has 0 radical (unpaired) electrons. The number of hydrogen-bond acceptors (Lipinski definition) is 12. The van der Waals surface area contributed by atoms with Gasteiger partial charge in [-0.1, -0.05) is 151 Å². The molecule has 0 atom stereocenters. The number of nitrogens with zero attached hydrogens (tertiary/aromatic N) is 13. The zero-order valence-corrected chi connectivity index (χ0v) is 45.1. The van der Waals surface area contributed by atoms with Crippen LogP contribution in [0.25, 0.3) is 77.1 Å². The minimum atomic E-state index is 0.685. The van der Waals surface area contributed by atoms with Gasteiger partial charge in [0, 0.05) is 57.2 Å². The van der Waals surface area contributed by atoms with E-state index in [0.29, 0.717) is 5.75 Å². The van der Waals surface area contributed by atoms with Crippen LogP contribution in [0.1, 0.15) is 34.3 Å². The standard InChI is InChI=1S/C21H17N5S.C21H16N4S.C19H15N5S/c1-14-11-19-16-9-5-6-10-17(16)23-20(26(19)25-14)13-27-21-22-12-18(24-21)15-7-3-2-4-8-15;1-14-12-20-17-7-3-5-9-19(17)23-21(25(20)24-14)26-13-16-11-10-15-6-2-4-8-18(15)22-16;1-13-10-17-15-6-2-3-7-16(15)21-19(24(17)22-13)25-12-14-11-23-9-5-4-8-18(23)20-14/h2-12H,13H2,1H3,(H,22,24);2-12H,13H2,1H3;2-11H,12H2,1H3. The Kier molecular flexibility index (Phi) is 13.3. The number of fused-ring (bicyclic) bond motifs is 11. The van der Waals surface area contributed by atoms with Gasteiger partial charge in [0.25, 0.3) is 0 Å². The third kappa shape index (κ3) is 10.0. The molecule has 14 nitrogen and oxygen atoms in total. The molecule has 0 amide bonds. The Balaban J connectivity index is 0.000000111. The lowest BCUT2D eigenvalue weighted by Crippen LogP contribution is -2.02. The van der Waals surface area contributed by atoms with E-state index in [1.807, 2.05) is 154 Å². The summed E-state index contributed by atoms with van der Waals surface area (Å²) in [5.41, 5.74) is 15.4. The van der Waals surface area contributed by atoms with Crippen molar-refractivity contribution in [1.82, 2.24) is 68.1 Å². The van der Waals surface area contributed by atoms with E-state index >= 15 is 0 Å². The molecule has 1 N–H and O–H groups in total. The van der Waals surface area contributed by atoms with Crippen molar-refractivity contribution in [2.75, 3.05) is 0 Å². The number of aromatic amines is 1. The van der Waals surface area contributed by atoms with Gasteiger partial charge >= 0.3 is 0 Å². The monoisotopic (exact) mass is 1070 g/mol. The second-order valence-electron chi connectivity index (χ2n) is 18.6. The third-order valence-electron chi connectivity index (χ3n) is 13.1. The predicted molar refractivity (Wildman–Crippen MR) is 315 cm³/mol. The lowest BCUT2D eigenvalue weighted by molar-refractivity contribution is 0.797. The zero-order valence-electron chi connectivity index (χ0n) is 42.6. The van der Waals surface area contributed by atoms with E-state index in [4.69, 9.17) is 24.9 Å². The topological polar surface area (TPSA) is 149 Å². The number of aromatic nitrogens is 14. The summed E-state index contributed by atoms with van der Waals surface area (Å²) in [7, 11) is 0. The van der Waals surface area contributed by atoms with Gasteiger partial charge in [-0.25, -0.2) is 38.5 Å². The average molecular weight is 1070 g/mol. The largest absolute Gasteiger partial charge is 0.339 e. The Morgan fingerprint density at radius 3 is 1.62 bits per heavy atom. The van der Waals surface area contributed by atoms with Gasteiger partial charge in [-0.05, 0) is 81.4 Å². The first-order chi connectivity index (χ1) is 38.3. The molecule has 380 valence electrons. The first-order valence-electron chi connectivity index (χ1n) is 25.3. The summed E-state index contributed by atoms with van der Waals surface area (Å²) < 4.78 is 7.88. The van der Waals surface area contributed by atoms with Crippen LogP contribution in [0, 0.1) is 20.8 Å². The fourth-order valence-electron chi connectivity index (χ4n) is 9.48. The predicted octanol–water partition coefficient (Wildman–Crippen LogP) is 14.0. The molecule has 17 heteroatoms. The fraction of sp³-hybridized carbons (Fsp3) is 0.0984. The molecule has 78 heavy (non-hydrogen) atoms. The Bertz CT molecular complexity index is 4620. The van der Waals surface area contributed by atoms with E-state index in [-0.39, 0.29) is 0 Å². The molecular formula is C61H48N14S3. The van der Waals surface area contributed by atoms with Crippen molar-refractivity contribution < 1.29 is 0 Å². The molecule has 0 spiro atoms. The summed E-state index contributed by atoms with van der Waals surface area (Å²) in [4.78, 5) is 31.9. The first-order valence-corrected chi connectivity index (χ1v) is 28.3. The van der Waals surface area contributed by atoms with Crippen LogP contribution in [0.2, 0.25) is 0 Å². The van der Waals surface area contributed by atoms with E-state index in [2.05, 4.69) is 104 Å². The Hall–Kier alpha value is -8.90. The maximum Gasteiger partial charge on any atom is 0.190 e. The highest BCUT2D eigenvalue weighted by Gasteiger charge is 2.16. The summed E-state index contributed by atoms with van der Waals surface area (Å²) in [6.45, 7) is 6.04. The second kappa shape index (κ2) is 21.3. The van der Waals surface area contributed by atoms with Crippen molar-refractivity contribution in [1.29, 1.82) is 0 Å². The fourth-order valence-corrected chi connectivity index (χ4v) is 11.9. The Labute approximate surface area is 460 Å². The van der Waals surface area contributed by atoms with Crippen molar-refractivity contribution in [2.24, 2.45) is 0 Å². The van der Waals surface area contributed by atoms with Crippen LogP contribution in [-0.2, 0) is 17.3 Å². The van der Waals surface area contributed by atoms with E-state index < -0.39 is 0 Å². The van der Waals surface area contributed by atoms with Gasteiger partial charge in [-0.2, -0.15) is 15.3 Å². The molecule has 0 fully saturated rings. The van der Waals surface area contributed by atoms with Crippen LogP contribution >= 0.6 is 35.3 Å². The molecule has 0 bridgehead atoms. The molecule has 10 heterocycles. The van der Waals surface area contributed by atoms with Crippen LogP contribution < -0.4 is 0 Å². The van der Waals surface area contributed by atoms with Crippen molar-refractivity contribution in [3.8, 4) is 11.3 Å². The maximum atomic E-state index is 4.83. The minimum Gasteiger partial charge on any atom is -0.339 e. The van der Waals surface area contributed by atoms with Crippen molar-refractivity contribution in [2.45, 2.75) is 53.5 Å². The lowest BCUT2D eigenvalue weighted by Gasteiger charge is -2.07. The first kappa shape index (κ1) is 48.7. The van der Waals surface area contributed by atoms with Gasteiger partial charge < -0.3 is 9.38 Å². The van der Waals surface area contributed by atoms with E-state index in [9.17, 15) is 0 Å². The van der Waals surface area contributed by atoms with Crippen LogP contribution in [0.3, 0.4) is 0 Å². The van der Waals surface area contributed by atoms with E-state index in [0.717, 1.165) is 138 Å². The van der Waals surface area contributed by atoms with Gasteiger partial charge in [0.1, 0.15) is 11.5 Å². The van der Waals surface area contributed by atoms with Gasteiger partial charge in [0.2, 0.25) is 0 Å². The Morgan fingerprint density at radius 1 is 0.436 bits per heavy atom. The summed E-state index contributed by atoms with van der Waals surface area (Å²) in [6, 6.07) is 59.5. The van der Waals surface area contributed by atoms with Gasteiger partial charge in [-0.15, -0.1) is 0 Å². The number of H-pyrrole nitrogens is 1. The van der Waals surface area contributed by atoms with E-state index in [1.54, 1.807) is 35.3 Å². The number of benzene rings is 5. The molecule has 0 saturated carbocycles. The van der Waals surface area contributed by atoms with Crippen LogP contribution in [0.5, 0.6) is 0 Å². The normalized spacial score (nSPS) is 11.6. The number of nitrogens with one attached hydrogen (secondary N) is 1. The third-order valence-corrected chi connectivity index (χ3v) is 15.9. The van der Waals surface area contributed by atoms with Crippen LogP contribution in [-0.4, -0.2) is 68.1 Å². The highest BCUT2D eigenvalue weighted by atomic mass is 32.2. The number of imidazole rings is 2. The van der Waals surface area contributed by atoms with Crippen LogP contribution in [0.4, 0.5) is 0 Å². The molecule has 0 saturated heterocycles. The molecule has 5 aromatic carbocycles. The molecule has 0 unspecified atom stereocenters. The van der Waals surface area contributed by atoms with Crippen molar-refractivity contribution >= 4 is 101 Å². The molecule has 10 aromatic heterocycles. The van der Waals surface area contributed by atoms with Crippen molar-refractivity contribution in [3.63, 3.8) is 0 Å². The second-order valence-corrected chi connectivity index (χ2v) is 21.5. The highest BCUT2D eigenvalue weighted by Crippen LogP contribution is 2.31. The quantitative estimate of drug-likeness (QED) is 0.103. The molecule has 0 aliphatic rings. The SMILES string of the molecule is Cc1cc2c3ccccc3nc(CSc3nc(-c4ccccc4)c[nH]3)n2n1.Cc1cc2c3ccccc3nc(SCc3ccc4ccccc4n3)n2n1.Cc1cc2c3ccccc3nc(SCc3cn4ccccc4n3)n2n1. The summed E-state index contributed by atoms with van der Waals surface area (Å²) in [5, 5.41) is 21.1. The average Bonchev–Trinajstić information content (AvgIpc) is 4.35. The summed E-state index contributed by atoms with van der Waals surface area (Å²) in [5.74, 6) is 3.11. The summed E-state index contributed by atoms with van der Waals surface area (Å²) in [6.07, 6.45) is 6.02. The number of hydrogen-bond donors (Lipinski definition) is 1. The van der Waals surface area contributed by atoms with Crippen molar-refractivity contribution in [3.05, 3.63) is 229 Å².